The minimum Gasteiger partial charge on any atom is -0.481 e. The van der Waals surface area contributed by atoms with Gasteiger partial charge in [-0.15, -0.1) is 5.10 Å². The topological polar surface area (TPSA) is 105 Å². The summed E-state index contributed by atoms with van der Waals surface area (Å²) >= 11 is 0. The molecule has 7 heteroatoms. The van der Waals surface area contributed by atoms with Crippen molar-refractivity contribution in [3.8, 4) is 0 Å². The van der Waals surface area contributed by atoms with Gasteiger partial charge in [0.15, 0.2) is 0 Å². The number of anilines is 1. The summed E-state index contributed by atoms with van der Waals surface area (Å²) in [6.45, 7) is 0. The monoisotopic (exact) mass is 264 g/mol. The van der Waals surface area contributed by atoms with Gasteiger partial charge in [0, 0.05) is 6.42 Å². The smallest absolute Gasteiger partial charge is 0.310 e. The van der Waals surface area contributed by atoms with Crippen LogP contribution in [0, 0.1) is 5.41 Å². The molecule has 19 heavy (non-hydrogen) atoms. The van der Waals surface area contributed by atoms with Crippen molar-refractivity contribution >= 4 is 17.8 Å². The van der Waals surface area contributed by atoms with Crippen LogP contribution in [0.2, 0.25) is 0 Å². The first-order valence-corrected chi connectivity index (χ1v) is 6.29. The average Bonchev–Trinajstić information content (AvgIpc) is 2.40. The molecule has 1 heterocycles. The Morgan fingerprint density at radius 3 is 2.58 bits per heavy atom. The summed E-state index contributed by atoms with van der Waals surface area (Å²) in [6, 6.07) is 0. The zero-order chi connectivity index (χ0) is 13.7. The van der Waals surface area contributed by atoms with E-state index < -0.39 is 11.4 Å². The summed E-state index contributed by atoms with van der Waals surface area (Å²) in [7, 11) is 0. The van der Waals surface area contributed by atoms with Gasteiger partial charge in [0.25, 0.3) is 0 Å². The Balaban J connectivity index is 2.01. The van der Waals surface area contributed by atoms with E-state index in [1.807, 2.05) is 0 Å². The maximum Gasteiger partial charge on any atom is 0.310 e. The van der Waals surface area contributed by atoms with Crippen LogP contribution in [-0.4, -0.2) is 32.2 Å². The predicted octanol–water partition coefficient (Wildman–Crippen LogP) is 1.24. The minimum atomic E-state index is -0.940. The fourth-order valence-corrected chi connectivity index (χ4v) is 2.48. The number of carbonyl (C=O) groups is 2. The molecule has 0 spiro atoms. The van der Waals surface area contributed by atoms with Gasteiger partial charge in [-0.3, -0.25) is 14.9 Å². The fraction of sp³-hybridized carbons (Fsp3) is 0.583. The first kappa shape index (κ1) is 13.4. The molecule has 2 rings (SSSR count). The zero-order valence-electron chi connectivity index (χ0n) is 10.5. The quantitative estimate of drug-likeness (QED) is 0.847. The molecule has 1 saturated carbocycles. The van der Waals surface area contributed by atoms with E-state index in [4.69, 9.17) is 0 Å². The lowest BCUT2D eigenvalue weighted by Gasteiger charge is -2.32. The molecular weight excluding hydrogens is 248 g/mol. The van der Waals surface area contributed by atoms with Gasteiger partial charge >= 0.3 is 5.97 Å². The number of carbonyl (C=O) groups excluding carboxylic acids is 1. The van der Waals surface area contributed by atoms with Gasteiger partial charge in [-0.25, -0.2) is 4.98 Å². The van der Waals surface area contributed by atoms with Crippen molar-refractivity contribution in [3.05, 3.63) is 12.4 Å². The largest absolute Gasteiger partial charge is 0.481 e. The number of rotatable bonds is 4. The highest BCUT2D eigenvalue weighted by atomic mass is 16.4. The zero-order valence-corrected chi connectivity index (χ0v) is 10.5. The molecule has 102 valence electrons. The molecule has 0 unspecified atom stereocenters. The lowest BCUT2D eigenvalue weighted by atomic mass is 9.71. The van der Waals surface area contributed by atoms with E-state index >= 15 is 0 Å². The Morgan fingerprint density at radius 2 is 2.00 bits per heavy atom. The van der Waals surface area contributed by atoms with E-state index in [0.717, 1.165) is 19.3 Å². The van der Waals surface area contributed by atoms with Crippen molar-refractivity contribution in [2.24, 2.45) is 5.41 Å². The summed E-state index contributed by atoms with van der Waals surface area (Å²) in [4.78, 5) is 27.2. The van der Waals surface area contributed by atoms with Gasteiger partial charge in [0.2, 0.25) is 11.9 Å². The summed E-state index contributed by atoms with van der Waals surface area (Å²) in [5.41, 5.74) is -0.940. The molecule has 2 N–H and O–H groups in total. The molecule has 0 bridgehead atoms. The Morgan fingerprint density at radius 1 is 1.26 bits per heavy atom. The van der Waals surface area contributed by atoms with E-state index in [1.165, 1.54) is 12.4 Å². The number of carboxylic acid groups (broad SMARTS) is 1. The van der Waals surface area contributed by atoms with E-state index in [-0.39, 0.29) is 18.3 Å². The second kappa shape index (κ2) is 5.73. The van der Waals surface area contributed by atoms with Gasteiger partial charge in [0.05, 0.1) is 17.8 Å². The molecule has 1 aromatic heterocycles. The summed E-state index contributed by atoms with van der Waals surface area (Å²) in [5.74, 6) is -1.17. The third kappa shape index (κ3) is 3.24. The lowest BCUT2D eigenvalue weighted by Crippen LogP contribution is -2.37. The van der Waals surface area contributed by atoms with E-state index in [2.05, 4.69) is 20.5 Å². The van der Waals surface area contributed by atoms with Crippen molar-refractivity contribution in [1.29, 1.82) is 0 Å². The van der Waals surface area contributed by atoms with Gasteiger partial charge in [-0.2, -0.15) is 5.10 Å². The highest BCUT2D eigenvalue weighted by molar-refractivity contribution is 5.92. The third-order valence-corrected chi connectivity index (χ3v) is 3.50. The number of hydrogen-bond donors (Lipinski definition) is 2. The molecule has 1 aliphatic rings. The number of carboxylic acids is 1. The molecule has 0 atom stereocenters. The standard InChI is InChI=1S/C12H16N4O3/c17-9(15-11-13-6-7-14-16-11)8-12(10(18)19)4-2-1-3-5-12/h6-7H,1-5,8H2,(H,18,19)(H,13,15,16,17). The fourth-order valence-electron chi connectivity index (χ4n) is 2.48. The van der Waals surface area contributed by atoms with Crippen molar-refractivity contribution in [1.82, 2.24) is 15.2 Å². The Labute approximate surface area is 110 Å². The number of nitrogens with zero attached hydrogens (tertiary/aromatic N) is 3. The molecule has 0 aliphatic heterocycles. The second-order valence-corrected chi connectivity index (χ2v) is 4.84. The van der Waals surface area contributed by atoms with Crippen molar-refractivity contribution in [2.45, 2.75) is 38.5 Å². The van der Waals surface area contributed by atoms with Crippen LogP contribution in [0.5, 0.6) is 0 Å². The lowest BCUT2D eigenvalue weighted by molar-refractivity contribution is -0.153. The summed E-state index contributed by atoms with van der Waals surface area (Å²) < 4.78 is 0. The van der Waals surface area contributed by atoms with Gasteiger partial charge in [0.1, 0.15) is 0 Å². The SMILES string of the molecule is O=C(CC1(C(=O)O)CCCCC1)Nc1nccnn1. The maximum absolute atomic E-state index is 11.9. The Hall–Kier alpha value is -2.05. The first-order chi connectivity index (χ1) is 9.12. The highest BCUT2D eigenvalue weighted by Crippen LogP contribution is 2.39. The van der Waals surface area contributed by atoms with Crippen LogP contribution in [0.15, 0.2) is 12.4 Å². The first-order valence-electron chi connectivity index (χ1n) is 6.29. The van der Waals surface area contributed by atoms with Crippen LogP contribution in [0.4, 0.5) is 5.95 Å². The molecule has 0 aromatic carbocycles. The molecule has 0 saturated heterocycles. The molecule has 7 nitrogen and oxygen atoms in total. The third-order valence-electron chi connectivity index (χ3n) is 3.50. The number of nitrogens with one attached hydrogen (secondary N) is 1. The summed E-state index contributed by atoms with van der Waals surface area (Å²) in [6.07, 6.45) is 6.59. The molecule has 1 aliphatic carbocycles. The van der Waals surface area contributed by atoms with Gasteiger partial charge in [-0.1, -0.05) is 19.3 Å². The van der Waals surface area contributed by atoms with E-state index in [1.54, 1.807) is 0 Å². The predicted molar refractivity (Wildman–Crippen MR) is 66.2 cm³/mol. The van der Waals surface area contributed by atoms with E-state index in [0.29, 0.717) is 12.8 Å². The Bertz CT molecular complexity index is 457. The molecule has 1 fully saturated rings. The summed E-state index contributed by atoms with van der Waals surface area (Å²) in [5, 5.41) is 19.1. The van der Waals surface area contributed by atoms with Crippen molar-refractivity contribution in [2.75, 3.05) is 5.32 Å². The molecule has 1 amide bonds. The highest BCUT2D eigenvalue weighted by Gasteiger charge is 2.41. The Kier molecular flexibility index (Phi) is 4.03. The van der Waals surface area contributed by atoms with Crippen LogP contribution in [0.1, 0.15) is 38.5 Å². The van der Waals surface area contributed by atoms with Crippen molar-refractivity contribution < 1.29 is 14.7 Å². The maximum atomic E-state index is 11.9. The normalized spacial score (nSPS) is 17.7. The van der Waals surface area contributed by atoms with E-state index in [9.17, 15) is 14.7 Å². The number of aromatic nitrogens is 3. The molecule has 1 aromatic rings. The van der Waals surface area contributed by atoms with Crippen LogP contribution in [0.25, 0.3) is 0 Å². The average molecular weight is 264 g/mol. The van der Waals surface area contributed by atoms with Gasteiger partial charge < -0.3 is 5.11 Å². The van der Waals surface area contributed by atoms with Crippen LogP contribution in [0.3, 0.4) is 0 Å². The molecular formula is C12H16N4O3. The molecule has 0 radical (unpaired) electrons. The van der Waals surface area contributed by atoms with Crippen LogP contribution >= 0.6 is 0 Å². The van der Waals surface area contributed by atoms with Crippen molar-refractivity contribution in [3.63, 3.8) is 0 Å². The number of amides is 1. The second-order valence-electron chi connectivity index (χ2n) is 4.84. The van der Waals surface area contributed by atoms with Gasteiger partial charge in [-0.05, 0) is 12.8 Å². The minimum absolute atomic E-state index is 0.0411. The number of aliphatic carboxylic acids is 1. The number of hydrogen-bond acceptors (Lipinski definition) is 5. The van der Waals surface area contributed by atoms with Crippen LogP contribution in [-0.2, 0) is 9.59 Å². The van der Waals surface area contributed by atoms with Crippen LogP contribution < -0.4 is 5.32 Å².